The minimum atomic E-state index is -0.323. The number of aliphatic hydroxyl groups is 1. The number of nitro groups is 1. The lowest BCUT2D eigenvalue weighted by atomic mass is 9.97. The van der Waals surface area contributed by atoms with Crippen molar-refractivity contribution < 1.29 is 10.0 Å². The van der Waals surface area contributed by atoms with Crippen molar-refractivity contribution in [3.05, 3.63) is 39.4 Å². The van der Waals surface area contributed by atoms with Crippen LogP contribution in [0.2, 0.25) is 0 Å². The topological polar surface area (TPSA) is 66.6 Å². The van der Waals surface area contributed by atoms with Gasteiger partial charge < -0.3 is 5.11 Å². The molecule has 5 heteroatoms. The Kier molecular flexibility index (Phi) is 4.50. The number of aliphatic hydroxyl groups excluding tert-OH is 1. The second-order valence-electron chi connectivity index (χ2n) is 5.22. The Morgan fingerprint density at radius 2 is 2.11 bits per heavy atom. The third-order valence-corrected chi connectivity index (χ3v) is 3.97. The van der Waals surface area contributed by atoms with E-state index in [1.807, 2.05) is 13.0 Å². The van der Waals surface area contributed by atoms with Crippen LogP contribution in [0.15, 0.2) is 18.2 Å². The molecule has 0 unspecified atom stereocenters. The van der Waals surface area contributed by atoms with Crippen molar-refractivity contribution >= 4 is 5.69 Å². The summed E-state index contributed by atoms with van der Waals surface area (Å²) in [7, 11) is 0. The van der Waals surface area contributed by atoms with E-state index in [1.165, 1.54) is 0 Å². The second-order valence-corrected chi connectivity index (χ2v) is 5.22. The first-order chi connectivity index (χ1) is 9.11. The maximum atomic E-state index is 10.9. The Balaban J connectivity index is 2.04. The first-order valence-corrected chi connectivity index (χ1v) is 6.68. The van der Waals surface area contributed by atoms with Gasteiger partial charge in [0.2, 0.25) is 0 Å². The molecule has 2 rings (SSSR count). The van der Waals surface area contributed by atoms with Crippen molar-refractivity contribution in [1.82, 2.24) is 4.90 Å². The maximum absolute atomic E-state index is 10.9. The normalized spacial score (nSPS) is 17.6. The van der Waals surface area contributed by atoms with Crippen LogP contribution in [-0.4, -0.2) is 34.6 Å². The van der Waals surface area contributed by atoms with Crippen molar-refractivity contribution in [2.45, 2.75) is 26.3 Å². The van der Waals surface area contributed by atoms with Gasteiger partial charge in [0.1, 0.15) is 0 Å². The van der Waals surface area contributed by atoms with Gasteiger partial charge in [0.25, 0.3) is 5.69 Å². The van der Waals surface area contributed by atoms with Gasteiger partial charge in [-0.15, -0.1) is 0 Å². The predicted octanol–water partition coefficient (Wildman–Crippen LogP) is 2.11. The summed E-state index contributed by atoms with van der Waals surface area (Å²) in [5.74, 6) is 0.419. The average molecular weight is 264 g/mol. The number of nitrogens with zero attached hydrogens (tertiary/aromatic N) is 2. The van der Waals surface area contributed by atoms with Crippen molar-refractivity contribution in [3.63, 3.8) is 0 Å². The fraction of sp³-hybridized carbons (Fsp3) is 0.571. The Labute approximate surface area is 113 Å². The summed E-state index contributed by atoms with van der Waals surface area (Å²) < 4.78 is 0. The average Bonchev–Trinajstić information content (AvgIpc) is 2.41. The number of likely N-dealkylation sites (tertiary alicyclic amines) is 1. The number of piperidine rings is 1. The molecule has 1 aliphatic heterocycles. The van der Waals surface area contributed by atoms with Crippen LogP contribution in [0.25, 0.3) is 0 Å². The zero-order valence-corrected chi connectivity index (χ0v) is 11.2. The highest BCUT2D eigenvalue weighted by Crippen LogP contribution is 2.24. The van der Waals surface area contributed by atoms with E-state index in [9.17, 15) is 10.1 Å². The van der Waals surface area contributed by atoms with Gasteiger partial charge in [0, 0.05) is 24.8 Å². The lowest BCUT2D eigenvalue weighted by Crippen LogP contribution is -2.34. The molecule has 1 fully saturated rings. The molecule has 0 amide bonds. The summed E-state index contributed by atoms with van der Waals surface area (Å²) in [6, 6.07) is 5.26. The summed E-state index contributed by atoms with van der Waals surface area (Å²) >= 11 is 0. The van der Waals surface area contributed by atoms with E-state index >= 15 is 0 Å². The van der Waals surface area contributed by atoms with Crippen LogP contribution in [0, 0.1) is 23.0 Å². The molecule has 0 aromatic heterocycles. The Morgan fingerprint density at radius 3 is 2.68 bits per heavy atom. The zero-order chi connectivity index (χ0) is 13.8. The van der Waals surface area contributed by atoms with E-state index in [-0.39, 0.29) is 17.2 Å². The fourth-order valence-corrected chi connectivity index (χ4v) is 2.61. The second kappa shape index (κ2) is 6.12. The monoisotopic (exact) mass is 264 g/mol. The van der Waals surface area contributed by atoms with Crippen LogP contribution < -0.4 is 0 Å². The molecule has 0 radical (unpaired) electrons. The molecule has 0 saturated carbocycles. The first-order valence-electron chi connectivity index (χ1n) is 6.68. The van der Waals surface area contributed by atoms with Gasteiger partial charge in [0.05, 0.1) is 4.92 Å². The zero-order valence-electron chi connectivity index (χ0n) is 11.2. The first kappa shape index (κ1) is 14.0. The van der Waals surface area contributed by atoms with Gasteiger partial charge in [-0.25, -0.2) is 0 Å². The summed E-state index contributed by atoms with van der Waals surface area (Å²) in [6.07, 6.45) is 2.01. The molecule has 1 N–H and O–H groups in total. The van der Waals surface area contributed by atoms with E-state index in [2.05, 4.69) is 4.90 Å². The molecule has 0 atom stereocenters. The molecule has 104 valence electrons. The summed E-state index contributed by atoms with van der Waals surface area (Å²) in [5, 5.41) is 20.0. The molecule has 1 heterocycles. The third-order valence-electron chi connectivity index (χ3n) is 3.97. The molecule has 19 heavy (non-hydrogen) atoms. The summed E-state index contributed by atoms with van der Waals surface area (Å²) in [5.41, 5.74) is 1.98. The van der Waals surface area contributed by atoms with Crippen LogP contribution in [-0.2, 0) is 6.54 Å². The van der Waals surface area contributed by atoms with E-state index in [0.29, 0.717) is 5.92 Å². The van der Waals surface area contributed by atoms with Crippen LogP contribution in [0.5, 0.6) is 0 Å². The Bertz CT molecular complexity index is 454. The highest BCUT2D eigenvalue weighted by Gasteiger charge is 2.20. The number of hydrogen-bond donors (Lipinski definition) is 1. The minimum Gasteiger partial charge on any atom is -0.396 e. The Hall–Kier alpha value is -1.46. The minimum absolute atomic E-state index is 0.197. The smallest absolute Gasteiger partial charge is 0.272 e. The van der Waals surface area contributed by atoms with Gasteiger partial charge in [-0.2, -0.15) is 0 Å². The van der Waals surface area contributed by atoms with Gasteiger partial charge in [-0.05, 0) is 44.3 Å². The van der Waals surface area contributed by atoms with E-state index < -0.39 is 0 Å². The molecule has 0 bridgehead atoms. The third kappa shape index (κ3) is 3.30. The lowest BCUT2D eigenvalue weighted by molar-refractivity contribution is -0.385. The highest BCUT2D eigenvalue weighted by atomic mass is 16.6. The van der Waals surface area contributed by atoms with Crippen molar-refractivity contribution in [2.75, 3.05) is 19.7 Å². The molecule has 1 aromatic rings. The van der Waals surface area contributed by atoms with Crippen LogP contribution >= 0.6 is 0 Å². The van der Waals surface area contributed by atoms with E-state index in [0.717, 1.165) is 43.6 Å². The van der Waals surface area contributed by atoms with E-state index in [1.54, 1.807) is 12.1 Å². The SMILES string of the molecule is Cc1c(CN2CCC(CO)CC2)cccc1[N+](=O)[O-]. The van der Waals surface area contributed by atoms with Gasteiger partial charge in [0.15, 0.2) is 0 Å². The van der Waals surface area contributed by atoms with Gasteiger partial charge in [-0.1, -0.05) is 12.1 Å². The molecular formula is C14H20N2O3. The van der Waals surface area contributed by atoms with Crippen molar-refractivity contribution in [2.24, 2.45) is 5.92 Å². The number of nitro benzene ring substituents is 1. The quantitative estimate of drug-likeness (QED) is 0.668. The van der Waals surface area contributed by atoms with Gasteiger partial charge >= 0.3 is 0 Å². The number of benzene rings is 1. The van der Waals surface area contributed by atoms with Crippen LogP contribution in [0.4, 0.5) is 5.69 Å². The summed E-state index contributed by atoms with van der Waals surface area (Å²) in [6.45, 7) is 4.74. The summed E-state index contributed by atoms with van der Waals surface area (Å²) in [4.78, 5) is 12.9. The molecule has 5 nitrogen and oxygen atoms in total. The fourth-order valence-electron chi connectivity index (χ4n) is 2.61. The van der Waals surface area contributed by atoms with Crippen LogP contribution in [0.3, 0.4) is 0 Å². The predicted molar refractivity (Wildman–Crippen MR) is 72.9 cm³/mol. The van der Waals surface area contributed by atoms with Crippen LogP contribution in [0.1, 0.15) is 24.0 Å². The van der Waals surface area contributed by atoms with Crippen molar-refractivity contribution in [3.8, 4) is 0 Å². The van der Waals surface area contributed by atoms with E-state index in [4.69, 9.17) is 5.11 Å². The van der Waals surface area contributed by atoms with Crippen molar-refractivity contribution in [1.29, 1.82) is 0 Å². The molecule has 1 aliphatic rings. The standard InChI is InChI=1S/C14H20N2O3/c1-11-13(3-2-4-14(11)16(18)19)9-15-7-5-12(10-17)6-8-15/h2-4,12,17H,5-10H2,1H3. The molecule has 0 aliphatic carbocycles. The molecule has 1 aromatic carbocycles. The molecular weight excluding hydrogens is 244 g/mol. The molecule has 1 saturated heterocycles. The highest BCUT2D eigenvalue weighted by molar-refractivity contribution is 5.44. The lowest BCUT2D eigenvalue weighted by Gasteiger charge is -2.31. The maximum Gasteiger partial charge on any atom is 0.272 e. The molecule has 0 spiro atoms. The largest absolute Gasteiger partial charge is 0.396 e. The number of rotatable bonds is 4. The van der Waals surface area contributed by atoms with Gasteiger partial charge in [-0.3, -0.25) is 15.0 Å². The number of hydrogen-bond acceptors (Lipinski definition) is 4. The Morgan fingerprint density at radius 1 is 1.42 bits per heavy atom.